The smallest absolute Gasteiger partial charge is 0.235 e. The van der Waals surface area contributed by atoms with Gasteiger partial charge in [-0.05, 0) is 55.8 Å². The normalized spacial score (nSPS) is 16.3. The SMILES string of the molecule is c1ccc(Oc2ccc(Oc3ncnc4[nH]nc(N[C@@H]5CCCNC5)c34)cc2)cc1. The number of rotatable bonds is 6. The van der Waals surface area contributed by atoms with Crippen LogP contribution < -0.4 is 20.1 Å². The van der Waals surface area contributed by atoms with Crippen molar-refractivity contribution in [1.29, 1.82) is 0 Å². The summed E-state index contributed by atoms with van der Waals surface area (Å²) in [6.45, 7) is 1.96. The van der Waals surface area contributed by atoms with Crippen molar-refractivity contribution in [3.05, 3.63) is 60.9 Å². The van der Waals surface area contributed by atoms with Crippen LogP contribution in [-0.4, -0.2) is 39.3 Å². The lowest BCUT2D eigenvalue weighted by Crippen LogP contribution is -2.38. The minimum atomic E-state index is 0.313. The fraction of sp³-hybridized carbons (Fsp3) is 0.227. The monoisotopic (exact) mass is 402 g/mol. The summed E-state index contributed by atoms with van der Waals surface area (Å²) in [5.41, 5.74) is 0.635. The first-order valence-electron chi connectivity index (χ1n) is 10.0. The van der Waals surface area contributed by atoms with Crippen molar-refractivity contribution in [1.82, 2.24) is 25.5 Å². The van der Waals surface area contributed by atoms with E-state index < -0.39 is 0 Å². The first kappa shape index (κ1) is 18.4. The Morgan fingerprint density at radius 2 is 1.67 bits per heavy atom. The van der Waals surface area contributed by atoms with Crippen molar-refractivity contribution in [3.8, 4) is 23.1 Å². The summed E-state index contributed by atoms with van der Waals surface area (Å²) in [7, 11) is 0. The van der Waals surface area contributed by atoms with Crippen LogP contribution >= 0.6 is 0 Å². The second kappa shape index (κ2) is 8.38. The Balaban J connectivity index is 1.35. The molecule has 2 aromatic carbocycles. The first-order chi connectivity index (χ1) is 14.8. The highest BCUT2D eigenvalue weighted by molar-refractivity contribution is 5.91. The van der Waals surface area contributed by atoms with Gasteiger partial charge in [-0.3, -0.25) is 5.10 Å². The Bertz CT molecular complexity index is 1110. The van der Waals surface area contributed by atoms with Crippen LogP contribution in [0, 0.1) is 0 Å². The van der Waals surface area contributed by atoms with Crippen LogP contribution in [0.4, 0.5) is 5.82 Å². The maximum Gasteiger partial charge on any atom is 0.235 e. The molecule has 0 spiro atoms. The zero-order valence-electron chi connectivity index (χ0n) is 16.3. The highest BCUT2D eigenvalue weighted by atomic mass is 16.5. The molecule has 1 atom stereocenters. The number of para-hydroxylation sites is 1. The molecular weight excluding hydrogens is 380 g/mol. The number of hydrogen-bond donors (Lipinski definition) is 3. The molecule has 0 amide bonds. The molecular formula is C22H22N6O2. The van der Waals surface area contributed by atoms with E-state index in [1.165, 1.54) is 6.33 Å². The molecule has 5 rings (SSSR count). The van der Waals surface area contributed by atoms with Crippen LogP contribution in [0.25, 0.3) is 11.0 Å². The lowest BCUT2D eigenvalue weighted by molar-refractivity contribution is 0.460. The summed E-state index contributed by atoms with van der Waals surface area (Å²) >= 11 is 0. The number of aromatic amines is 1. The van der Waals surface area contributed by atoms with E-state index in [-0.39, 0.29) is 0 Å². The number of ether oxygens (including phenoxy) is 2. The van der Waals surface area contributed by atoms with E-state index in [4.69, 9.17) is 9.47 Å². The summed E-state index contributed by atoms with van der Waals surface area (Å²) in [5, 5.41) is 15.0. The van der Waals surface area contributed by atoms with Gasteiger partial charge in [-0.1, -0.05) is 18.2 Å². The van der Waals surface area contributed by atoms with Gasteiger partial charge in [-0.25, -0.2) is 9.97 Å². The van der Waals surface area contributed by atoms with Gasteiger partial charge < -0.3 is 20.1 Å². The van der Waals surface area contributed by atoms with Gasteiger partial charge in [0.05, 0.1) is 0 Å². The Morgan fingerprint density at radius 1 is 0.900 bits per heavy atom. The molecule has 1 saturated heterocycles. The lowest BCUT2D eigenvalue weighted by atomic mass is 10.1. The molecule has 2 aromatic heterocycles. The van der Waals surface area contributed by atoms with Crippen LogP contribution in [0.15, 0.2) is 60.9 Å². The van der Waals surface area contributed by atoms with E-state index in [9.17, 15) is 0 Å². The van der Waals surface area contributed by atoms with Gasteiger partial charge in [0.15, 0.2) is 11.5 Å². The molecule has 1 aliphatic heterocycles. The van der Waals surface area contributed by atoms with Crippen molar-refractivity contribution < 1.29 is 9.47 Å². The van der Waals surface area contributed by atoms with Gasteiger partial charge in [0.25, 0.3) is 0 Å². The van der Waals surface area contributed by atoms with Crippen LogP contribution in [0.3, 0.4) is 0 Å². The molecule has 4 aromatic rings. The van der Waals surface area contributed by atoms with E-state index in [1.807, 2.05) is 54.6 Å². The van der Waals surface area contributed by atoms with E-state index >= 15 is 0 Å². The largest absolute Gasteiger partial charge is 0.457 e. The maximum absolute atomic E-state index is 6.06. The van der Waals surface area contributed by atoms with Crippen molar-refractivity contribution in [2.75, 3.05) is 18.4 Å². The van der Waals surface area contributed by atoms with Crippen molar-refractivity contribution >= 4 is 16.9 Å². The molecule has 152 valence electrons. The Labute approximate surface area is 173 Å². The van der Waals surface area contributed by atoms with Gasteiger partial charge in [0.2, 0.25) is 5.88 Å². The second-order valence-electron chi connectivity index (χ2n) is 7.15. The molecule has 0 aliphatic carbocycles. The number of piperidine rings is 1. The van der Waals surface area contributed by atoms with E-state index in [1.54, 1.807) is 0 Å². The summed E-state index contributed by atoms with van der Waals surface area (Å²) in [6, 6.07) is 17.4. The predicted octanol–water partition coefficient (Wildman–Crippen LogP) is 4.10. The Kier molecular flexibility index (Phi) is 5.14. The van der Waals surface area contributed by atoms with Crippen molar-refractivity contribution in [2.24, 2.45) is 0 Å². The highest BCUT2D eigenvalue weighted by Gasteiger charge is 2.19. The van der Waals surface area contributed by atoms with E-state index in [0.717, 1.165) is 42.8 Å². The molecule has 8 nitrogen and oxygen atoms in total. The maximum atomic E-state index is 6.06. The van der Waals surface area contributed by atoms with Gasteiger partial charge in [-0.15, -0.1) is 0 Å². The molecule has 1 aliphatic rings. The van der Waals surface area contributed by atoms with E-state index in [0.29, 0.717) is 29.1 Å². The number of aromatic nitrogens is 4. The standard InChI is InChI=1S/C22H22N6O2/c1-2-6-16(7-3-1)29-17-8-10-18(11-9-17)30-22-19-20(24-14-25-22)27-28-21(19)26-15-5-4-12-23-13-15/h1-3,6-11,14-15,23H,4-5,12-13H2,(H2,24,25,26,27,28)/t15-/m1/s1. The third-order valence-electron chi connectivity index (χ3n) is 4.98. The average Bonchev–Trinajstić information content (AvgIpc) is 3.20. The van der Waals surface area contributed by atoms with Gasteiger partial charge in [-0.2, -0.15) is 5.10 Å². The minimum absolute atomic E-state index is 0.313. The number of hydrogen-bond acceptors (Lipinski definition) is 7. The van der Waals surface area contributed by atoms with Crippen LogP contribution in [0.2, 0.25) is 0 Å². The third kappa shape index (κ3) is 4.04. The zero-order valence-corrected chi connectivity index (χ0v) is 16.3. The molecule has 0 unspecified atom stereocenters. The number of benzene rings is 2. The second-order valence-corrected chi connectivity index (χ2v) is 7.15. The molecule has 0 radical (unpaired) electrons. The molecule has 3 heterocycles. The lowest BCUT2D eigenvalue weighted by Gasteiger charge is -2.23. The zero-order chi connectivity index (χ0) is 20.2. The fourth-order valence-electron chi connectivity index (χ4n) is 3.49. The van der Waals surface area contributed by atoms with Gasteiger partial charge in [0, 0.05) is 12.6 Å². The third-order valence-corrected chi connectivity index (χ3v) is 4.98. The number of H-pyrrole nitrogens is 1. The molecule has 3 N–H and O–H groups in total. The summed E-state index contributed by atoms with van der Waals surface area (Å²) < 4.78 is 11.9. The summed E-state index contributed by atoms with van der Waals surface area (Å²) in [6.07, 6.45) is 3.69. The van der Waals surface area contributed by atoms with Gasteiger partial charge in [0.1, 0.15) is 29.0 Å². The van der Waals surface area contributed by atoms with E-state index in [2.05, 4.69) is 30.8 Å². The number of nitrogens with one attached hydrogen (secondary N) is 3. The average molecular weight is 402 g/mol. The van der Waals surface area contributed by atoms with Crippen LogP contribution in [0.1, 0.15) is 12.8 Å². The molecule has 0 saturated carbocycles. The number of anilines is 1. The van der Waals surface area contributed by atoms with Gasteiger partial charge >= 0.3 is 0 Å². The molecule has 8 heteroatoms. The molecule has 0 bridgehead atoms. The van der Waals surface area contributed by atoms with Crippen LogP contribution in [0.5, 0.6) is 23.1 Å². The molecule has 30 heavy (non-hydrogen) atoms. The fourth-order valence-corrected chi connectivity index (χ4v) is 3.49. The highest BCUT2D eigenvalue weighted by Crippen LogP contribution is 2.32. The Morgan fingerprint density at radius 3 is 2.43 bits per heavy atom. The number of fused-ring (bicyclic) bond motifs is 1. The molecule has 1 fully saturated rings. The van der Waals surface area contributed by atoms with Crippen molar-refractivity contribution in [2.45, 2.75) is 18.9 Å². The first-order valence-corrected chi connectivity index (χ1v) is 10.0. The summed E-state index contributed by atoms with van der Waals surface area (Å²) in [5.74, 6) is 3.34. The minimum Gasteiger partial charge on any atom is -0.457 e. The summed E-state index contributed by atoms with van der Waals surface area (Å²) in [4.78, 5) is 8.61. The Hall–Kier alpha value is -3.65. The predicted molar refractivity (Wildman–Crippen MR) is 114 cm³/mol. The number of nitrogens with zero attached hydrogens (tertiary/aromatic N) is 3. The van der Waals surface area contributed by atoms with Crippen LogP contribution in [-0.2, 0) is 0 Å². The van der Waals surface area contributed by atoms with Crippen molar-refractivity contribution in [3.63, 3.8) is 0 Å². The topological polar surface area (TPSA) is 97.0 Å². The quantitative estimate of drug-likeness (QED) is 0.447.